The number of aliphatic hydroxyl groups excluding tert-OH is 1. The molecule has 12 heterocycles. The first-order chi connectivity index (χ1) is 59.6. The van der Waals surface area contributed by atoms with Crippen molar-refractivity contribution in [3.63, 3.8) is 0 Å². The highest BCUT2D eigenvalue weighted by Gasteiger charge is 2.42. The van der Waals surface area contributed by atoms with Crippen molar-refractivity contribution in [3.8, 4) is 11.3 Å². The van der Waals surface area contributed by atoms with E-state index in [0.29, 0.717) is 162 Å². The number of pyridine rings is 1. The van der Waals surface area contributed by atoms with Crippen molar-refractivity contribution in [2.24, 2.45) is 23.7 Å². The lowest BCUT2D eigenvalue weighted by Gasteiger charge is -2.36. The van der Waals surface area contributed by atoms with Gasteiger partial charge in [-0.15, -0.1) is 0 Å². The second kappa shape index (κ2) is 42.2. The number of piperazine rings is 2. The van der Waals surface area contributed by atoms with Crippen LogP contribution in [0.2, 0.25) is 0 Å². The largest absolute Gasteiger partial charge is 0.460 e. The topological polar surface area (TPSA) is 367 Å². The van der Waals surface area contributed by atoms with Crippen molar-refractivity contribution in [2.45, 2.75) is 206 Å². The maximum absolute atomic E-state index is 14.5. The molecule has 6 aliphatic heterocycles. The Hall–Kier alpha value is -10.6. The van der Waals surface area contributed by atoms with Crippen LogP contribution >= 0.6 is 0 Å². The van der Waals surface area contributed by atoms with E-state index in [9.17, 15) is 38.7 Å². The van der Waals surface area contributed by atoms with Crippen LogP contribution in [0.1, 0.15) is 170 Å². The molecule has 5 fully saturated rings. The SMILES string of the molecule is CO[C@H]1CC2CCCC(O2)C(=O)C(=O)N2CCCC[C@H]2C(=O)O[C@H](CC[C@H]2CC[C@H](OC(=O)NCc3cnc(N4CCN(CCOCCN5CCN(c6ncc(C(=O)N7CCc8cc(Cn9nc(-c%10cnc%11[nH]ccc%11c%10)c%10c(N)ncnc%109)ccc8C7)cn6)CC5)CC4)nc3)CC2)CC(=O)[C@H](C)/C=C(\C)[C@@H](O)CC(=O)[C@H](C)C[C@H](C)/C=C/C=C/C=C/1C. The van der Waals surface area contributed by atoms with Crippen LogP contribution in [0.15, 0.2) is 121 Å². The molecule has 1 saturated carbocycles. The zero-order valence-electron chi connectivity index (χ0n) is 71.9. The summed E-state index contributed by atoms with van der Waals surface area (Å²) in [4.78, 5) is 145. The molecule has 123 heavy (non-hydrogen) atoms. The number of anilines is 3. The van der Waals surface area contributed by atoms with Crippen molar-refractivity contribution in [3.05, 3.63) is 149 Å². The van der Waals surface area contributed by atoms with Crippen LogP contribution in [0, 0.1) is 23.7 Å². The molecule has 31 heteroatoms. The van der Waals surface area contributed by atoms with Gasteiger partial charge in [0, 0.05) is 184 Å². The number of hydrogen-bond donors (Lipinski definition) is 4. The van der Waals surface area contributed by atoms with E-state index in [0.717, 1.165) is 117 Å². The van der Waals surface area contributed by atoms with E-state index < -0.39 is 54.0 Å². The minimum atomic E-state index is -1.08. The van der Waals surface area contributed by atoms with E-state index in [1.807, 2.05) is 79.1 Å². The summed E-state index contributed by atoms with van der Waals surface area (Å²) in [6.07, 6.45) is 27.6. The summed E-state index contributed by atoms with van der Waals surface area (Å²) < 4.78 is 32.5. The lowest BCUT2D eigenvalue weighted by molar-refractivity contribution is -0.167. The number of nitrogens with one attached hydrogen (secondary N) is 2. The van der Waals surface area contributed by atoms with Gasteiger partial charge in [0.2, 0.25) is 17.7 Å². The Kier molecular flexibility index (Phi) is 30.4. The molecule has 656 valence electrons. The monoisotopic (exact) mass is 1680 g/mol. The summed E-state index contributed by atoms with van der Waals surface area (Å²) in [5.41, 5.74) is 15.4. The van der Waals surface area contributed by atoms with Crippen molar-refractivity contribution in [1.29, 1.82) is 0 Å². The third-order valence-corrected chi connectivity index (χ3v) is 25.6. The molecular weight excluding hydrogens is 1570 g/mol. The summed E-state index contributed by atoms with van der Waals surface area (Å²) in [6, 6.07) is 9.35. The molecule has 1 aliphatic carbocycles. The number of esters is 1. The summed E-state index contributed by atoms with van der Waals surface area (Å²) >= 11 is 0. The molecule has 14 rings (SSSR count). The van der Waals surface area contributed by atoms with Crippen molar-refractivity contribution < 1.29 is 62.4 Å². The normalized spacial score (nSPS) is 26.6. The lowest BCUT2D eigenvalue weighted by atomic mass is 9.83. The number of nitrogens with two attached hydrogens (primary N) is 1. The van der Waals surface area contributed by atoms with E-state index >= 15 is 0 Å². The van der Waals surface area contributed by atoms with Gasteiger partial charge in [-0.1, -0.05) is 75.4 Å². The number of allylic oxidation sites excluding steroid dienone is 6. The van der Waals surface area contributed by atoms with E-state index in [2.05, 4.69) is 83.0 Å². The summed E-state index contributed by atoms with van der Waals surface area (Å²) in [5.74, 6) is -1.60. The van der Waals surface area contributed by atoms with Crippen molar-refractivity contribution in [1.82, 2.24) is 74.6 Å². The average molecular weight is 1690 g/mol. The van der Waals surface area contributed by atoms with Gasteiger partial charge in [0.15, 0.2) is 5.65 Å². The Balaban J connectivity index is 0.476. The zero-order valence-corrected chi connectivity index (χ0v) is 71.9. The molecule has 7 aromatic rings. The number of cyclic esters (lactones) is 1. The first-order valence-corrected chi connectivity index (χ1v) is 44.2. The molecule has 2 unspecified atom stereocenters. The number of nitrogen functional groups attached to an aromatic ring is 1. The first kappa shape index (κ1) is 88.7. The summed E-state index contributed by atoms with van der Waals surface area (Å²) in [5, 5.41) is 20.8. The number of aliphatic hydroxyl groups is 1. The van der Waals surface area contributed by atoms with E-state index in [4.69, 9.17) is 34.5 Å². The third kappa shape index (κ3) is 23.3. The minimum absolute atomic E-state index is 0.0723. The first-order valence-electron chi connectivity index (χ1n) is 44.2. The second-order valence-corrected chi connectivity index (χ2v) is 34.5. The van der Waals surface area contributed by atoms with Crippen LogP contribution < -0.4 is 20.9 Å². The Morgan fingerprint density at radius 3 is 2.17 bits per heavy atom. The highest BCUT2D eigenvalue weighted by molar-refractivity contribution is 6.38. The van der Waals surface area contributed by atoms with Crippen LogP contribution in [0.4, 0.5) is 22.5 Å². The van der Waals surface area contributed by atoms with Gasteiger partial charge in [-0.3, -0.25) is 33.8 Å². The molecule has 1 aromatic carbocycles. The fourth-order valence-corrected chi connectivity index (χ4v) is 18.1. The van der Waals surface area contributed by atoms with Gasteiger partial charge < -0.3 is 64.4 Å². The number of ketones is 3. The number of Topliss-reactive ketones (excluding diaryl/α,β-unsaturated/α-hetero) is 3. The lowest BCUT2D eigenvalue weighted by Crippen LogP contribution is -2.54. The van der Waals surface area contributed by atoms with Gasteiger partial charge in [-0.05, 0) is 156 Å². The third-order valence-electron chi connectivity index (χ3n) is 25.6. The highest BCUT2D eigenvalue weighted by Crippen LogP contribution is 2.36. The number of nitrogens with zero attached hydrogens (tertiary/aromatic N) is 15. The minimum Gasteiger partial charge on any atom is -0.460 e. The average Bonchev–Trinajstić information content (AvgIpc) is 1.62. The molecule has 7 aliphatic rings. The molecular formula is C92H120N18O13. The van der Waals surface area contributed by atoms with Crippen LogP contribution in [-0.4, -0.2) is 257 Å². The van der Waals surface area contributed by atoms with E-state index in [1.165, 1.54) is 16.8 Å². The van der Waals surface area contributed by atoms with Crippen LogP contribution in [0.25, 0.3) is 33.3 Å². The summed E-state index contributed by atoms with van der Waals surface area (Å²) in [6.45, 7) is 20.7. The Labute approximate surface area is 719 Å². The molecule has 4 saturated heterocycles. The predicted molar refractivity (Wildman–Crippen MR) is 465 cm³/mol. The highest BCUT2D eigenvalue weighted by atomic mass is 16.6. The maximum Gasteiger partial charge on any atom is 0.407 e. The van der Waals surface area contributed by atoms with Crippen LogP contribution in [-0.2, 0) is 73.7 Å². The number of alkyl carbamates (subject to hydrolysis) is 1. The number of carbonyl (C=O) groups is 7. The number of carbonyl (C=O) groups excluding carboxylic acids is 7. The van der Waals surface area contributed by atoms with Crippen LogP contribution in [0.3, 0.4) is 0 Å². The standard InChI is InChI=1S/C92H120N18O13/c1-59-13-8-7-9-14-60(2)80(119-6)48-73-15-12-17-79(121-73)83(114)88(116)109-29-11-10-16-75(109)89(117)122-74(47-76(111)62(4)44-63(5)78(113)49-77(112)61(3)43-59)25-21-64-19-23-72(24-20-64)123-92(118)100-52-66-50-96-90(97-51-66)106-35-31-104(32-36-106)39-41-120-42-40-105-33-37-107(38-34-105)91-98-54-71(55-99-91)87(115)108-30-27-67-45-65(18-22-69(67)57-108)56-110-86-81(84(93)101-58-102-86)82(103-110)70-46-68-26-28-94-85(68)95-53-70/h7-9,13-14,18,22,26,28,44-46,50-51,53-55,58-59,61-62,64,72-75,78-80,113H,10-12,15-17,19-21,23-25,27,29-43,47-49,52,56-57H2,1-6H3,(H,94,95)(H,100,118)(H2,93,101,102)/b9-7+,13-8+,60-14+,63-44+/t59-,61-,62-,64-,72-,73?,74-,75+,78+,79?,80+/m1/s1. The van der Waals surface area contributed by atoms with Crippen LogP contribution in [0.5, 0.6) is 0 Å². The number of methoxy groups -OCH3 is 1. The zero-order chi connectivity index (χ0) is 86.0. The fraction of sp³-hybridized carbons (Fsp3) is 0.554. The Morgan fingerprint density at radius 2 is 1.44 bits per heavy atom. The number of piperidine rings is 1. The number of aromatic amines is 1. The molecule has 9 atom stereocenters. The fourth-order valence-electron chi connectivity index (χ4n) is 18.1. The molecule has 5 N–H and O–H groups in total. The van der Waals surface area contributed by atoms with Gasteiger partial charge in [0.05, 0.1) is 49.0 Å². The molecule has 31 nitrogen and oxygen atoms in total. The molecule has 0 radical (unpaired) electrons. The molecule has 2 bridgehead atoms. The quantitative estimate of drug-likeness (QED) is 0.0253. The second-order valence-electron chi connectivity index (χ2n) is 34.5. The smallest absolute Gasteiger partial charge is 0.407 e. The molecule has 6 aromatic heterocycles. The van der Waals surface area contributed by atoms with E-state index in [1.54, 1.807) is 58.0 Å². The van der Waals surface area contributed by atoms with E-state index in [-0.39, 0.29) is 79.5 Å². The van der Waals surface area contributed by atoms with Crippen molar-refractivity contribution in [2.75, 3.05) is 114 Å². The number of H-pyrrole nitrogens is 1. The summed E-state index contributed by atoms with van der Waals surface area (Å²) in [7, 11) is 1.64. The predicted octanol–water partition coefficient (Wildman–Crippen LogP) is 10.1. The van der Waals surface area contributed by atoms with Gasteiger partial charge in [0.25, 0.3) is 11.8 Å². The number of rotatable bonds is 19. The number of amides is 3. The van der Waals surface area contributed by atoms with Gasteiger partial charge in [0.1, 0.15) is 59.4 Å². The number of hydrogen-bond acceptors (Lipinski definition) is 26. The number of fused-ring (bicyclic) bond motifs is 6. The Bertz CT molecular complexity index is 4950. The van der Waals surface area contributed by atoms with Gasteiger partial charge >= 0.3 is 12.1 Å². The number of ether oxygens (including phenoxy) is 5. The Morgan fingerprint density at radius 1 is 0.707 bits per heavy atom. The number of benzene rings is 1. The van der Waals surface area contributed by atoms with Crippen molar-refractivity contribution >= 4 is 81.0 Å². The molecule has 0 spiro atoms. The maximum atomic E-state index is 14.5. The number of aromatic nitrogens is 10. The van der Waals surface area contributed by atoms with Gasteiger partial charge in [-0.25, -0.2) is 49.2 Å². The molecule has 3 amide bonds. The van der Waals surface area contributed by atoms with Gasteiger partial charge in [-0.2, -0.15) is 5.10 Å².